The average molecular weight is 205 g/mol. The van der Waals surface area contributed by atoms with Gasteiger partial charge in [0.05, 0.1) is 0 Å². The van der Waals surface area contributed by atoms with Crippen LogP contribution in [0.25, 0.3) is 0 Å². The van der Waals surface area contributed by atoms with E-state index in [0.29, 0.717) is 12.0 Å². The summed E-state index contributed by atoms with van der Waals surface area (Å²) in [6.07, 6.45) is 8.55. The van der Waals surface area contributed by atoms with Gasteiger partial charge in [0, 0.05) is 12.0 Å². The van der Waals surface area contributed by atoms with Crippen molar-refractivity contribution in [3.05, 3.63) is 0 Å². The van der Waals surface area contributed by atoms with Crippen molar-refractivity contribution >= 4 is 0 Å². The smallest absolute Gasteiger partial charge is 0.208 e. The molecule has 3 nitrogen and oxygen atoms in total. The fourth-order valence-corrected chi connectivity index (χ4v) is 5.17. The minimum Gasteiger partial charge on any atom is -0.326 e. The van der Waals surface area contributed by atoms with Gasteiger partial charge in [-0.05, 0) is 56.3 Å². The van der Waals surface area contributed by atoms with Crippen LogP contribution in [-0.4, -0.2) is 12.2 Å². The van der Waals surface area contributed by atoms with Crippen LogP contribution < -0.4 is 5.73 Å². The molecule has 0 atom stereocenters. The van der Waals surface area contributed by atoms with Gasteiger partial charge in [0.15, 0.2) is 0 Å². The monoisotopic (exact) mass is 205 g/mol. The molecule has 0 amide bonds. The molecule has 82 valence electrons. The number of nitrogens with zero attached hydrogens (tertiary/aromatic N) is 2. The summed E-state index contributed by atoms with van der Waals surface area (Å²) in [5, 5.41) is 8.68. The molecule has 15 heavy (non-hydrogen) atoms. The Morgan fingerprint density at radius 3 is 1.73 bits per heavy atom. The highest BCUT2D eigenvalue weighted by molar-refractivity contribution is 5.16. The molecule has 0 spiro atoms. The number of nitrogens with two attached hydrogens (primary N) is 1. The number of hydrogen-bond acceptors (Lipinski definition) is 3. The topological polar surface area (TPSA) is 50.7 Å². The molecule has 2 N–H and O–H groups in total. The quantitative estimate of drug-likeness (QED) is 0.739. The second-order valence-corrected chi connectivity index (χ2v) is 6.42. The SMILES string of the molecule is NCC1(C23CC4CC(CC(C4)C2)C3)N=N1. The summed E-state index contributed by atoms with van der Waals surface area (Å²) in [7, 11) is 0. The predicted molar refractivity (Wildman–Crippen MR) is 57.2 cm³/mol. The zero-order valence-corrected chi connectivity index (χ0v) is 9.15. The van der Waals surface area contributed by atoms with Crippen molar-refractivity contribution in [2.24, 2.45) is 39.1 Å². The third-order valence-electron chi connectivity index (χ3n) is 5.51. The molecule has 4 aliphatic carbocycles. The predicted octanol–water partition coefficient (Wildman–Crippen LogP) is 2.32. The van der Waals surface area contributed by atoms with Gasteiger partial charge >= 0.3 is 0 Å². The fourth-order valence-electron chi connectivity index (χ4n) is 5.17. The highest BCUT2D eigenvalue weighted by Crippen LogP contribution is 2.67. The number of hydrogen-bond donors (Lipinski definition) is 1. The maximum absolute atomic E-state index is 5.90. The van der Waals surface area contributed by atoms with E-state index < -0.39 is 0 Å². The van der Waals surface area contributed by atoms with Gasteiger partial charge in [-0.25, -0.2) is 0 Å². The minimum atomic E-state index is -0.122. The molecule has 4 saturated carbocycles. The van der Waals surface area contributed by atoms with E-state index in [1.54, 1.807) is 0 Å². The largest absolute Gasteiger partial charge is 0.326 e. The third-order valence-corrected chi connectivity index (χ3v) is 5.51. The molecule has 0 radical (unpaired) electrons. The van der Waals surface area contributed by atoms with E-state index in [2.05, 4.69) is 10.2 Å². The van der Waals surface area contributed by atoms with Crippen molar-refractivity contribution in [1.29, 1.82) is 0 Å². The lowest BCUT2D eigenvalue weighted by atomic mass is 9.47. The maximum Gasteiger partial charge on any atom is 0.208 e. The molecule has 5 rings (SSSR count). The molecule has 3 heteroatoms. The Kier molecular flexibility index (Phi) is 1.42. The Balaban J connectivity index is 1.72. The zero-order valence-electron chi connectivity index (χ0n) is 9.15. The van der Waals surface area contributed by atoms with Crippen LogP contribution >= 0.6 is 0 Å². The van der Waals surface area contributed by atoms with E-state index in [1.807, 2.05) is 0 Å². The molecule has 1 aliphatic heterocycles. The first-order valence-corrected chi connectivity index (χ1v) is 6.39. The normalized spacial score (nSPS) is 53.5. The average Bonchev–Trinajstić information content (AvgIpc) is 2.95. The van der Waals surface area contributed by atoms with E-state index in [-0.39, 0.29) is 5.66 Å². The summed E-state index contributed by atoms with van der Waals surface area (Å²) >= 11 is 0. The first-order chi connectivity index (χ1) is 7.25. The molecule has 5 aliphatic rings. The molecule has 0 aromatic heterocycles. The van der Waals surface area contributed by atoms with Gasteiger partial charge in [0.1, 0.15) is 0 Å². The lowest BCUT2D eigenvalue weighted by Crippen LogP contribution is -2.55. The Morgan fingerprint density at radius 2 is 1.40 bits per heavy atom. The highest BCUT2D eigenvalue weighted by Gasteiger charge is 2.64. The van der Waals surface area contributed by atoms with E-state index in [4.69, 9.17) is 5.73 Å². The summed E-state index contributed by atoms with van der Waals surface area (Å²) in [4.78, 5) is 0. The van der Waals surface area contributed by atoms with Gasteiger partial charge in [-0.1, -0.05) is 0 Å². The molecule has 1 heterocycles. The molecule has 0 saturated heterocycles. The van der Waals surface area contributed by atoms with Crippen LogP contribution in [0.1, 0.15) is 38.5 Å². The number of rotatable bonds is 2. The Hall–Kier alpha value is -0.440. The van der Waals surface area contributed by atoms with Gasteiger partial charge in [0.2, 0.25) is 5.66 Å². The van der Waals surface area contributed by atoms with Crippen molar-refractivity contribution in [2.75, 3.05) is 6.54 Å². The first kappa shape index (κ1) is 8.68. The van der Waals surface area contributed by atoms with Crippen LogP contribution in [0.15, 0.2) is 10.2 Å². The van der Waals surface area contributed by atoms with Gasteiger partial charge in [-0.3, -0.25) is 0 Å². The van der Waals surface area contributed by atoms with Crippen LogP contribution in [-0.2, 0) is 0 Å². The van der Waals surface area contributed by atoms with Crippen molar-refractivity contribution in [2.45, 2.75) is 44.2 Å². The second kappa shape index (κ2) is 2.45. The Labute approximate surface area is 90.5 Å². The summed E-state index contributed by atoms with van der Waals surface area (Å²) in [5.74, 6) is 2.93. The minimum absolute atomic E-state index is 0.122. The fraction of sp³-hybridized carbons (Fsp3) is 1.00. The summed E-state index contributed by atoms with van der Waals surface area (Å²) < 4.78 is 0. The van der Waals surface area contributed by atoms with Crippen molar-refractivity contribution < 1.29 is 0 Å². The summed E-state index contributed by atoms with van der Waals surface area (Å²) in [6.45, 7) is 0.652. The standard InChI is InChI=1S/C12H19N3/c13-7-12(14-15-12)11-4-8-1-9(5-11)3-10(2-8)6-11/h8-10H,1-7,13H2. The lowest BCUT2D eigenvalue weighted by Gasteiger charge is -2.58. The van der Waals surface area contributed by atoms with Gasteiger partial charge < -0.3 is 5.73 Å². The molecule has 0 unspecified atom stereocenters. The summed E-state index contributed by atoms with van der Waals surface area (Å²) in [5.41, 5.74) is 6.18. The van der Waals surface area contributed by atoms with Crippen LogP contribution in [0, 0.1) is 23.2 Å². The molecule has 0 aromatic rings. The van der Waals surface area contributed by atoms with E-state index in [0.717, 1.165) is 17.8 Å². The Morgan fingerprint density at radius 1 is 0.933 bits per heavy atom. The molecule has 4 bridgehead atoms. The molecule has 4 fully saturated rings. The van der Waals surface area contributed by atoms with Gasteiger partial charge in [-0.2, -0.15) is 10.2 Å². The van der Waals surface area contributed by atoms with E-state index in [9.17, 15) is 0 Å². The third kappa shape index (κ3) is 0.955. The highest BCUT2D eigenvalue weighted by atomic mass is 15.5. The zero-order chi connectivity index (χ0) is 10.1. The van der Waals surface area contributed by atoms with Gasteiger partial charge in [-0.15, -0.1) is 0 Å². The van der Waals surface area contributed by atoms with E-state index >= 15 is 0 Å². The molecule has 0 aromatic carbocycles. The Bertz CT molecular complexity index is 292. The van der Waals surface area contributed by atoms with E-state index in [1.165, 1.54) is 38.5 Å². The van der Waals surface area contributed by atoms with Crippen molar-refractivity contribution in [1.82, 2.24) is 0 Å². The van der Waals surface area contributed by atoms with Crippen LogP contribution in [0.5, 0.6) is 0 Å². The van der Waals surface area contributed by atoms with Crippen molar-refractivity contribution in [3.8, 4) is 0 Å². The first-order valence-electron chi connectivity index (χ1n) is 6.39. The van der Waals surface area contributed by atoms with Crippen molar-refractivity contribution in [3.63, 3.8) is 0 Å². The van der Waals surface area contributed by atoms with Gasteiger partial charge in [0.25, 0.3) is 0 Å². The molecular weight excluding hydrogens is 186 g/mol. The lowest BCUT2D eigenvalue weighted by molar-refractivity contribution is -0.0766. The second-order valence-electron chi connectivity index (χ2n) is 6.42. The van der Waals surface area contributed by atoms with Crippen LogP contribution in [0.2, 0.25) is 0 Å². The van der Waals surface area contributed by atoms with Crippen LogP contribution in [0.3, 0.4) is 0 Å². The molecular formula is C12H19N3. The maximum atomic E-state index is 5.90. The summed E-state index contributed by atoms with van der Waals surface area (Å²) in [6, 6.07) is 0. The van der Waals surface area contributed by atoms with Crippen LogP contribution in [0.4, 0.5) is 0 Å².